The van der Waals surface area contributed by atoms with E-state index in [1.807, 2.05) is 65.0 Å². The third-order valence-corrected chi connectivity index (χ3v) is 5.01. The van der Waals surface area contributed by atoms with Gasteiger partial charge in [0.05, 0.1) is 6.61 Å². The summed E-state index contributed by atoms with van der Waals surface area (Å²) < 4.78 is 15.4. The molecule has 0 spiro atoms. The molecule has 1 aromatic rings. The van der Waals surface area contributed by atoms with Crippen LogP contribution in [0.3, 0.4) is 0 Å². The van der Waals surface area contributed by atoms with Crippen molar-refractivity contribution in [2.75, 3.05) is 6.61 Å². The third kappa shape index (κ3) is 2.96. The lowest BCUT2D eigenvalue weighted by Gasteiger charge is -2.44. The molecule has 0 saturated heterocycles. The van der Waals surface area contributed by atoms with E-state index in [9.17, 15) is 10.2 Å². The van der Waals surface area contributed by atoms with Crippen LogP contribution < -0.4 is 0 Å². The van der Waals surface area contributed by atoms with Crippen molar-refractivity contribution in [2.24, 2.45) is 17.8 Å². The van der Waals surface area contributed by atoms with Gasteiger partial charge in [-0.2, -0.15) is 0 Å². The van der Waals surface area contributed by atoms with Crippen LogP contribution in [0.25, 0.3) is 5.57 Å². The molecular weight excluding hydrogens is 303 g/mol. The zero-order valence-corrected chi connectivity index (χ0v) is 15.3. The standard InChI is InChI=1S/C21H29FO2/c1-6-16-17(13(2)3)20(22)18(14(4)5)21(24,12-23)19(16)15-10-8-7-9-11-15/h7-11,13-14,18,23-24H,6,12H2,1-5H3. The Morgan fingerprint density at radius 2 is 1.71 bits per heavy atom. The average Bonchev–Trinajstić information content (AvgIpc) is 2.54. The summed E-state index contributed by atoms with van der Waals surface area (Å²) in [5.41, 5.74) is 1.43. The Kier molecular flexibility index (Phi) is 5.67. The van der Waals surface area contributed by atoms with Crippen LogP contribution in [0.5, 0.6) is 0 Å². The quantitative estimate of drug-likeness (QED) is 0.817. The monoisotopic (exact) mass is 332 g/mol. The van der Waals surface area contributed by atoms with E-state index in [2.05, 4.69) is 0 Å². The van der Waals surface area contributed by atoms with Crippen LogP contribution >= 0.6 is 0 Å². The van der Waals surface area contributed by atoms with Crippen LogP contribution in [0.1, 0.15) is 46.6 Å². The summed E-state index contributed by atoms with van der Waals surface area (Å²) in [4.78, 5) is 0. The van der Waals surface area contributed by atoms with Crippen LogP contribution in [0.2, 0.25) is 0 Å². The molecule has 1 aromatic carbocycles. The van der Waals surface area contributed by atoms with E-state index in [0.717, 1.165) is 11.1 Å². The smallest absolute Gasteiger partial charge is 0.123 e. The highest BCUT2D eigenvalue weighted by Gasteiger charge is 2.50. The highest BCUT2D eigenvalue weighted by molar-refractivity contribution is 5.81. The maximum Gasteiger partial charge on any atom is 0.123 e. The third-order valence-electron chi connectivity index (χ3n) is 5.01. The second kappa shape index (κ2) is 7.20. The minimum Gasteiger partial charge on any atom is -0.393 e. The van der Waals surface area contributed by atoms with E-state index >= 15 is 4.39 Å². The minimum atomic E-state index is -1.61. The Hall–Kier alpha value is -1.45. The highest BCUT2D eigenvalue weighted by atomic mass is 19.1. The van der Waals surface area contributed by atoms with Gasteiger partial charge in [0.15, 0.2) is 0 Å². The molecule has 0 aliphatic heterocycles. The van der Waals surface area contributed by atoms with Gasteiger partial charge < -0.3 is 10.2 Å². The molecule has 2 atom stereocenters. The highest BCUT2D eigenvalue weighted by Crippen LogP contribution is 2.51. The number of halogens is 1. The maximum atomic E-state index is 15.4. The second-order valence-electron chi connectivity index (χ2n) is 7.29. The fourth-order valence-electron chi connectivity index (χ4n) is 4.11. The van der Waals surface area contributed by atoms with Gasteiger partial charge in [0, 0.05) is 5.92 Å². The van der Waals surface area contributed by atoms with Gasteiger partial charge in [0.2, 0.25) is 0 Å². The number of allylic oxidation sites excluding steroid dienone is 2. The molecule has 0 amide bonds. The van der Waals surface area contributed by atoms with Crippen LogP contribution in [0, 0.1) is 17.8 Å². The first-order chi connectivity index (χ1) is 11.3. The maximum absolute atomic E-state index is 15.4. The Balaban J connectivity index is 2.87. The molecule has 0 fully saturated rings. The molecule has 2 rings (SSSR count). The summed E-state index contributed by atoms with van der Waals surface area (Å²) in [7, 11) is 0. The summed E-state index contributed by atoms with van der Waals surface area (Å²) in [6.45, 7) is 9.22. The average molecular weight is 332 g/mol. The van der Waals surface area contributed by atoms with Gasteiger partial charge in [-0.1, -0.05) is 65.0 Å². The first kappa shape index (κ1) is 18.9. The largest absolute Gasteiger partial charge is 0.393 e. The molecule has 2 nitrogen and oxygen atoms in total. The lowest BCUT2D eigenvalue weighted by Crippen LogP contribution is -2.48. The van der Waals surface area contributed by atoms with Gasteiger partial charge in [0.25, 0.3) is 0 Å². The SMILES string of the molecule is CCC1=C(c2ccccc2)C(O)(CO)C(C(C)C)C(F)=C1C(C)C. The first-order valence-electron chi connectivity index (χ1n) is 8.81. The molecule has 24 heavy (non-hydrogen) atoms. The topological polar surface area (TPSA) is 40.5 Å². The van der Waals surface area contributed by atoms with Crippen molar-refractivity contribution in [2.45, 2.75) is 46.6 Å². The van der Waals surface area contributed by atoms with E-state index in [1.54, 1.807) is 0 Å². The summed E-state index contributed by atoms with van der Waals surface area (Å²) in [5.74, 6) is -1.13. The fraction of sp³-hybridized carbons (Fsp3) is 0.524. The van der Waals surface area contributed by atoms with Crippen LogP contribution in [-0.2, 0) is 0 Å². The molecule has 2 unspecified atom stereocenters. The first-order valence-corrected chi connectivity index (χ1v) is 8.81. The number of benzene rings is 1. The van der Waals surface area contributed by atoms with Gasteiger partial charge in [-0.3, -0.25) is 0 Å². The number of hydrogen-bond acceptors (Lipinski definition) is 2. The molecule has 3 heteroatoms. The van der Waals surface area contributed by atoms with Gasteiger partial charge in [0.1, 0.15) is 11.4 Å². The summed E-state index contributed by atoms with van der Waals surface area (Å²) in [5, 5.41) is 21.5. The van der Waals surface area contributed by atoms with Crippen molar-refractivity contribution < 1.29 is 14.6 Å². The number of aliphatic hydroxyl groups excluding tert-OH is 1. The molecule has 0 aromatic heterocycles. The predicted molar refractivity (Wildman–Crippen MR) is 97.0 cm³/mol. The van der Waals surface area contributed by atoms with Crippen LogP contribution in [0.4, 0.5) is 4.39 Å². The zero-order valence-electron chi connectivity index (χ0n) is 15.3. The molecule has 0 bridgehead atoms. The van der Waals surface area contributed by atoms with Crippen molar-refractivity contribution in [1.29, 1.82) is 0 Å². The molecule has 1 aliphatic carbocycles. The van der Waals surface area contributed by atoms with Crippen molar-refractivity contribution in [1.82, 2.24) is 0 Å². The van der Waals surface area contributed by atoms with Crippen LogP contribution in [0.15, 0.2) is 47.3 Å². The fourth-order valence-corrected chi connectivity index (χ4v) is 4.11. The lowest BCUT2D eigenvalue weighted by atomic mass is 9.64. The number of aliphatic hydroxyl groups is 2. The predicted octanol–water partition coefficient (Wildman–Crippen LogP) is 4.74. The van der Waals surface area contributed by atoms with E-state index in [4.69, 9.17) is 0 Å². The van der Waals surface area contributed by atoms with Gasteiger partial charge in [-0.05, 0) is 40.5 Å². The molecular formula is C21H29FO2. The second-order valence-corrected chi connectivity index (χ2v) is 7.29. The number of rotatable bonds is 5. The molecule has 0 heterocycles. The van der Waals surface area contributed by atoms with E-state index in [-0.39, 0.29) is 17.7 Å². The van der Waals surface area contributed by atoms with E-state index in [0.29, 0.717) is 17.6 Å². The van der Waals surface area contributed by atoms with Crippen LogP contribution in [-0.4, -0.2) is 22.4 Å². The zero-order chi connectivity index (χ0) is 18.1. The van der Waals surface area contributed by atoms with E-state index < -0.39 is 18.1 Å². The van der Waals surface area contributed by atoms with Crippen molar-refractivity contribution in [3.05, 3.63) is 52.9 Å². The van der Waals surface area contributed by atoms with Gasteiger partial charge in [-0.15, -0.1) is 0 Å². The van der Waals surface area contributed by atoms with Gasteiger partial charge in [-0.25, -0.2) is 4.39 Å². The Bertz CT molecular complexity index is 643. The van der Waals surface area contributed by atoms with Gasteiger partial charge >= 0.3 is 0 Å². The Labute approximate surface area is 144 Å². The van der Waals surface area contributed by atoms with E-state index in [1.165, 1.54) is 0 Å². The molecule has 132 valence electrons. The minimum absolute atomic E-state index is 0.0168. The summed E-state index contributed by atoms with van der Waals surface area (Å²) >= 11 is 0. The molecule has 1 aliphatic rings. The normalized spacial score (nSPS) is 25.2. The summed E-state index contributed by atoms with van der Waals surface area (Å²) in [6.07, 6.45) is 0.609. The molecule has 2 N–H and O–H groups in total. The Morgan fingerprint density at radius 3 is 2.12 bits per heavy atom. The molecule has 0 radical (unpaired) electrons. The Morgan fingerprint density at radius 1 is 1.12 bits per heavy atom. The van der Waals surface area contributed by atoms with Crippen molar-refractivity contribution in [3.8, 4) is 0 Å². The van der Waals surface area contributed by atoms with Crippen molar-refractivity contribution in [3.63, 3.8) is 0 Å². The lowest BCUT2D eigenvalue weighted by molar-refractivity contribution is -0.0255. The summed E-state index contributed by atoms with van der Waals surface area (Å²) in [6, 6.07) is 9.56. The number of hydrogen-bond donors (Lipinski definition) is 2. The van der Waals surface area contributed by atoms with Crippen molar-refractivity contribution >= 4 is 5.57 Å². The molecule has 0 saturated carbocycles.